The van der Waals surface area contributed by atoms with Gasteiger partial charge in [0.2, 0.25) is 0 Å². The fourth-order valence-corrected chi connectivity index (χ4v) is 3.72. The SMILES string of the molecule is CCCCc1c(O)c(C(=O)NC)cc(C(=O)N2Cc3ccc(OCCO)cc3C2)c1O. The van der Waals surface area contributed by atoms with Gasteiger partial charge in [0.05, 0.1) is 17.7 Å². The molecule has 0 aromatic heterocycles. The van der Waals surface area contributed by atoms with E-state index >= 15 is 0 Å². The summed E-state index contributed by atoms with van der Waals surface area (Å²) in [5.74, 6) is -0.920. The third-order valence-corrected chi connectivity index (χ3v) is 5.40. The fraction of sp³-hybridized carbons (Fsp3) is 0.391. The van der Waals surface area contributed by atoms with Crippen LogP contribution in [0.3, 0.4) is 0 Å². The lowest BCUT2D eigenvalue weighted by Gasteiger charge is -2.19. The highest BCUT2D eigenvalue weighted by molar-refractivity contribution is 6.04. The van der Waals surface area contributed by atoms with Crippen molar-refractivity contribution in [3.63, 3.8) is 0 Å². The Kier molecular flexibility index (Phi) is 7.02. The second-order valence-electron chi connectivity index (χ2n) is 7.49. The number of hydrogen-bond donors (Lipinski definition) is 4. The van der Waals surface area contributed by atoms with Crippen molar-refractivity contribution in [2.45, 2.75) is 39.3 Å². The number of fused-ring (bicyclic) bond motifs is 1. The number of aliphatic hydroxyl groups excluding tert-OH is 1. The average molecular weight is 428 g/mol. The molecule has 4 N–H and O–H groups in total. The van der Waals surface area contributed by atoms with Gasteiger partial charge >= 0.3 is 0 Å². The molecule has 0 radical (unpaired) electrons. The van der Waals surface area contributed by atoms with E-state index in [4.69, 9.17) is 9.84 Å². The highest BCUT2D eigenvalue weighted by Crippen LogP contribution is 2.37. The average Bonchev–Trinajstić information content (AvgIpc) is 3.20. The number of amides is 2. The van der Waals surface area contributed by atoms with Crippen molar-refractivity contribution in [1.82, 2.24) is 10.2 Å². The molecule has 2 aromatic rings. The smallest absolute Gasteiger partial charge is 0.258 e. The summed E-state index contributed by atoms with van der Waals surface area (Å²) >= 11 is 0. The molecular formula is C23H28N2O6. The second kappa shape index (κ2) is 9.70. The Balaban J connectivity index is 1.92. The highest BCUT2D eigenvalue weighted by Gasteiger charge is 2.30. The van der Waals surface area contributed by atoms with Crippen LogP contribution in [0.5, 0.6) is 17.2 Å². The van der Waals surface area contributed by atoms with Crippen molar-refractivity contribution < 1.29 is 29.6 Å². The molecule has 1 heterocycles. The Labute approximate surface area is 181 Å². The van der Waals surface area contributed by atoms with Crippen LogP contribution in [-0.2, 0) is 19.5 Å². The molecule has 0 fully saturated rings. The number of ether oxygens (including phenoxy) is 1. The molecule has 1 aliphatic rings. The normalized spacial score (nSPS) is 12.5. The van der Waals surface area contributed by atoms with Crippen LogP contribution in [0.15, 0.2) is 24.3 Å². The molecule has 3 rings (SSSR count). The van der Waals surface area contributed by atoms with Gasteiger partial charge in [-0.25, -0.2) is 0 Å². The van der Waals surface area contributed by atoms with Gasteiger partial charge < -0.3 is 30.3 Å². The molecule has 0 spiro atoms. The molecule has 0 saturated carbocycles. The molecule has 2 amide bonds. The number of aliphatic hydroxyl groups is 1. The van der Waals surface area contributed by atoms with E-state index in [-0.39, 0.29) is 41.4 Å². The molecule has 166 valence electrons. The summed E-state index contributed by atoms with van der Waals surface area (Å²) in [6, 6.07) is 6.74. The first-order valence-corrected chi connectivity index (χ1v) is 10.4. The van der Waals surface area contributed by atoms with E-state index in [2.05, 4.69) is 5.32 Å². The van der Waals surface area contributed by atoms with Crippen molar-refractivity contribution in [2.75, 3.05) is 20.3 Å². The van der Waals surface area contributed by atoms with Gasteiger partial charge in [0.1, 0.15) is 23.9 Å². The zero-order valence-electron chi connectivity index (χ0n) is 17.8. The summed E-state index contributed by atoms with van der Waals surface area (Å²) in [4.78, 5) is 27.1. The number of carbonyl (C=O) groups is 2. The summed E-state index contributed by atoms with van der Waals surface area (Å²) in [6.45, 7) is 2.75. The number of aromatic hydroxyl groups is 2. The largest absolute Gasteiger partial charge is 0.507 e. The first-order chi connectivity index (χ1) is 14.9. The summed E-state index contributed by atoms with van der Waals surface area (Å²) in [7, 11) is 1.44. The molecule has 0 aliphatic carbocycles. The van der Waals surface area contributed by atoms with E-state index < -0.39 is 11.8 Å². The van der Waals surface area contributed by atoms with Gasteiger partial charge in [0, 0.05) is 25.7 Å². The number of unbranched alkanes of at least 4 members (excludes halogenated alkanes) is 1. The molecule has 8 nitrogen and oxygen atoms in total. The molecular weight excluding hydrogens is 400 g/mol. The third kappa shape index (κ3) is 4.59. The van der Waals surface area contributed by atoms with Gasteiger partial charge in [0.15, 0.2) is 0 Å². The predicted octanol–water partition coefficient (Wildman–Crippen LogP) is 2.33. The van der Waals surface area contributed by atoms with Crippen LogP contribution in [0.25, 0.3) is 0 Å². The van der Waals surface area contributed by atoms with Crippen LogP contribution >= 0.6 is 0 Å². The van der Waals surface area contributed by atoms with Gasteiger partial charge in [-0.05, 0) is 42.2 Å². The lowest BCUT2D eigenvalue weighted by molar-refractivity contribution is 0.0748. The van der Waals surface area contributed by atoms with E-state index in [1.807, 2.05) is 19.1 Å². The van der Waals surface area contributed by atoms with Crippen LogP contribution in [0.1, 0.15) is 57.2 Å². The predicted molar refractivity (Wildman–Crippen MR) is 114 cm³/mol. The van der Waals surface area contributed by atoms with E-state index in [1.54, 1.807) is 11.0 Å². The lowest BCUT2D eigenvalue weighted by atomic mass is 9.97. The van der Waals surface area contributed by atoms with Crippen LogP contribution in [-0.4, -0.2) is 52.3 Å². The number of nitrogens with one attached hydrogen (secondary N) is 1. The molecule has 0 atom stereocenters. The van der Waals surface area contributed by atoms with E-state index in [9.17, 15) is 19.8 Å². The van der Waals surface area contributed by atoms with Crippen molar-refractivity contribution in [3.05, 3.63) is 52.1 Å². The maximum Gasteiger partial charge on any atom is 0.258 e. The summed E-state index contributed by atoms with van der Waals surface area (Å²) in [5, 5.41) is 32.7. The maximum absolute atomic E-state index is 13.3. The molecule has 2 aromatic carbocycles. The maximum atomic E-state index is 13.3. The Morgan fingerprint density at radius 1 is 1.10 bits per heavy atom. The fourth-order valence-electron chi connectivity index (χ4n) is 3.72. The second-order valence-corrected chi connectivity index (χ2v) is 7.49. The standard InChI is InChI=1S/C23H28N2O6/c1-3-4-5-17-20(27)18(22(29)24-2)11-19(21(17)28)23(30)25-12-14-6-7-16(31-9-8-26)10-15(14)13-25/h6-7,10-11,26-28H,3-5,8-9,12-13H2,1-2H3,(H,24,29). The zero-order valence-corrected chi connectivity index (χ0v) is 17.8. The lowest BCUT2D eigenvalue weighted by Crippen LogP contribution is -2.26. The highest BCUT2D eigenvalue weighted by atomic mass is 16.5. The number of hydrogen-bond acceptors (Lipinski definition) is 6. The van der Waals surface area contributed by atoms with Crippen molar-refractivity contribution in [1.29, 1.82) is 0 Å². The van der Waals surface area contributed by atoms with Gasteiger partial charge in [-0.3, -0.25) is 9.59 Å². The Hall–Kier alpha value is -3.26. The van der Waals surface area contributed by atoms with Gasteiger partial charge in [-0.2, -0.15) is 0 Å². The summed E-state index contributed by atoms with van der Waals surface area (Å²) < 4.78 is 5.44. The van der Waals surface area contributed by atoms with Crippen molar-refractivity contribution >= 4 is 11.8 Å². The number of nitrogens with zero attached hydrogens (tertiary/aromatic N) is 1. The van der Waals surface area contributed by atoms with Crippen LogP contribution in [0, 0.1) is 0 Å². The van der Waals surface area contributed by atoms with Gasteiger partial charge in [0.25, 0.3) is 11.8 Å². The number of benzene rings is 2. The molecule has 0 unspecified atom stereocenters. The minimum atomic E-state index is -0.528. The van der Waals surface area contributed by atoms with Crippen LogP contribution in [0.2, 0.25) is 0 Å². The number of carbonyl (C=O) groups excluding carboxylic acids is 2. The Bertz CT molecular complexity index is 989. The first kappa shape index (κ1) is 22.4. The number of phenols is 2. The molecule has 1 aliphatic heterocycles. The van der Waals surface area contributed by atoms with E-state index in [1.165, 1.54) is 13.1 Å². The Morgan fingerprint density at radius 3 is 2.48 bits per heavy atom. The van der Waals surface area contributed by atoms with E-state index in [0.717, 1.165) is 17.5 Å². The molecule has 31 heavy (non-hydrogen) atoms. The zero-order chi connectivity index (χ0) is 22.5. The monoisotopic (exact) mass is 428 g/mol. The molecule has 0 saturated heterocycles. The third-order valence-electron chi connectivity index (χ3n) is 5.40. The Morgan fingerprint density at radius 2 is 1.81 bits per heavy atom. The topological polar surface area (TPSA) is 119 Å². The summed E-state index contributed by atoms with van der Waals surface area (Å²) in [5.41, 5.74) is 2.04. The minimum Gasteiger partial charge on any atom is -0.507 e. The minimum absolute atomic E-state index is 0.00735. The van der Waals surface area contributed by atoms with Crippen molar-refractivity contribution in [3.8, 4) is 17.2 Å². The molecule has 0 bridgehead atoms. The quantitative estimate of drug-likeness (QED) is 0.512. The van der Waals surface area contributed by atoms with E-state index in [0.29, 0.717) is 31.7 Å². The van der Waals surface area contributed by atoms with Gasteiger partial charge in [-0.15, -0.1) is 0 Å². The van der Waals surface area contributed by atoms with Crippen LogP contribution < -0.4 is 10.1 Å². The molecule has 8 heteroatoms. The number of phenolic OH excluding ortho intramolecular Hbond substituents is 2. The van der Waals surface area contributed by atoms with Crippen molar-refractivity contribution in [2.24, 2.45) is 0 Å². The number of rotatable bonds is 8. The first-order valence-electron chi connectivity index (χ1n) is 10.4. The summed E-state index contributed by atoms with van der Waals surface area (Å²) in [6.07, 6.45) is 1.87. The van der Waals surface area contributed by atoms with Gasteiger partial charge in [-0.1, -0.05) is 19.4 Å². The van der Waals surface area contributed by atoms with Crippen LogP contribution in [0.4, 0.5) is 0 Å².